The van der Waals surface area contributed by atoms with E-state index in [0.29, 0.717) is 11.5 Å². The van der Waals surface area contributed by atoms with Crippen molar-refractivity contribution in [3.05, 3.63) is 23.3 Å². The predicted octanol–water partition coefficient (Wildman–Crippen LogP) is 2.11. The molecule has 0 saturated carbocycles. The zero-order valence-corrected chi connectivity index (χ0v) is 12.3. The van der Waals surface area contributed by atoms with Crippen LogP contribution in [0, 0.1) is 0 Å². The molecule has 0 radical (unpaired) electrons. The van der Waals surface area contributed by atoms with Crippen LogP contribution in [0.5, 0.6) is 11.5 Å². The Bertz CT molecular complexity index is 592. The Morgan fingerprint density at radius 3 is 2.15 bits per heavy atom. The smallest absolute Gasteiger partial charge is 0.345 e. The van der Waals surface area contributed by atoms with Crippen LogP contribution in [0.1, 0.15) is 31.9 Å². The number of hydrogen-bond acceptors (Lipinski definition) is 5. The van der Waals surface area contributed by atoms with E-state index in [4.69, 9.17) is 18.9 Å². The molecule has 1 fully saturated rings. The van der Waals surface area contributed by atoms with E-state index in [1.54, 1.807) is 27.2 Å². The highest BCUT2D eigenvalue weighted by atomic mass is 16.8. The molecule has 2 aliphatic rings. The van der Waals surface area contributed by atoms with Gasteiger partial charge in [-0.05, 0) is 38.5 Å². The third-order valence-electron chi connectivity index (χ3n) is 4.27. The van der Waals surface area contributed by atoms with Crippen molar-refractivity contribution < 1.29 is 23.7 Å². The van der Waals surface area contributed by atoms with E-state index in [1.807, 2.05) is 19.9 Å². The van der Waals surface area contributed by atoms with Crippen LogP contribution in [0.4, 0.5) is 0 Å². The molecule has 2 bridgehead atoms. The van der Waals surface area contributed by atoms with Gasteiger partial charge in [0.2, 0.25) is 6.29 Å². The fraction of sp³-hybridized carbons (Fsp3) is 0.533. The zero-order valence-electron chi connectivity index (χ0n) is 12.3. The van der Waals surface area contributed by atoms with E-state index in [9.17, 15) is 4.79 Å². The van der Waals surface area contributed by atoms with Crippen molar-refractivity contribution in [1.82, 2.24) is 0 Å². The van der Waals surface area contributed by atoms with Gasteiger partial charge in [0, 0.05) is 5.56 Å². The Kier molecular flexibility index (Phi) is 2.57. The van der Waals surface area contributed by atoms with Gasteiger partial charge in [-0.2, -0.15) is 0 Å². The molecule has 5 nitrogen and oxygen atoms in total. The summed E-state index contributed by atoms with van der Waals surface area (Å²) in [5, 5.41) is 0. The molecule has 1 aromatic rings. The largest absolute Gasteiger partial charge is 0.493 e. The van der Waals surface area contributed by atoms with Crippen LogP contribution in [-0.4, -0.2) is 26.5 Å². The maximum absolute atomic E-state index is 12.2. The summed E-state index contributed by atoms with van der Waals surface area (Å²) in [5.74, 6) is 0.850. The molecule has 0 aliphatic carbocycles. The number of benzene rings is 1. The van der Waals surface area contributed by atoms with E-state index in [2.05, 4.69) is 0 Å². The molecule has 2 unspecified atom stereocenters. The van der Waals surface area contributed by atoms with Gasteiger partial charge in [-0.25, -0.2) is 4.79 Å². The second-order valence-corrected chi connectivity index (χ2v) is 5.86. The monoisotopic (exact) mass is 278 g/mol. The van der Waals surface area contributed by atoms with Crippen LogP contribution in [-0.2, 0) is 25.3 Å². The minimum Gasteiger partial charge on any atom is -0.493 e. The lowest BCUT2D eigenvalue weighted by Crippen LogP contribution is -2.43. The standard InChI is InChI=1S/C15H18O5/c1-14(2)8-6-10(17-4)11(18-5)7-9(8)15(3)12(16)19-13(14)20-15/h6-7,13H,1-5H3. The Labute approximate surface area is 117 Å². The molecule has 2 atom stereocenters. The third kappa shape index (κ3) is 1.44. The van der Waals surface area contributed by atoms with Crippen LogP contribution < -0.4 is 9.47 Å². The van der Waals surface area contributed by atoms with E-state index in [1.165, 1.54) is 0 Å². The lowest BCUT2D eigenvalue weighted by atomic mass is 9.75. The SMILES string of the molecule is COc1cc2c(cc1OC)C(C)(C)C1OC(=O)C2(C)O1. The summed E-state index contributed by atoms with van der Waals surface area (Å²) in [6.45, 7) is 5.70. The maximum Gasteiger partial charge on any atom is 0.345 e. The summed E-state index contributed by atoms with van der Waals surface area (Å²) < 4.78 is 21.9. The Morgan fingerprint density at radius 1 is 1.05 bits per heavy atom. The van der Waals surface area contributed by atoms with E-state index < -0.39 is 17.3 Å². The second kappa shape index (κ2) is 3.88. The first-order valence-electron chi connectivity index (χ1n) is 6.50. The summed E-state index contributed by atoms with van der Waals surface area (Å²) in [6, 6.07) is 3.71. The predicted molar refractivity (Wildman–Crippen MR) is 70.9 cm³/mol. The average Bonchev–Trinajstić information content (AvgIpc) is 2.72. The van der Waals surface area contributed by atoms with E-state index in [0.717, 1.165) is 11.1 Å². The first-order valence-corrected chi connectivity index (χ1v) is 6.50. The van der Waals surface area contributed by atoms with Gasteiger partial charge in [0.15, 0.2) is 17.1 Å². The number of ether oxygens (including phenoxy) is 4. The summed E-state index contributed by atoms with van der Waals surface area (Å²) in [6.07, 6.45) is -0.578. The summed E-state index contributed by atoms with van der Waals surface area (Å²) in [4.78, 5) is 12.2. The van der Waals surface area contributed by atoms with Crippen molar-refractivity contribution in [2.75, 3.05) is 14.2 Å². The van der Waals surface area contributed by atoms with Crippen LogP contribution in [0.25, 0.3) is 0 Å². The van der Waals surface area contributed by atoms with Gasteiger partial charge in [0.05, 0.1) is 19.6 Å². The molecule has 2 aliphatic heterocycles. The second-order valence-electron chi connectivity index (χ2n) is 5.86. The minimum absolute atomic E-state index is 0.360. The fourth-order valence-corrected chi connectivity index (χ4v) is 2.90. The number of carbonyl (C=O) groups excluding carboxylic acids is 1. The van der Waals surface area contributed by atoms with Crippen molar-refractivity contribution in [3.63, 3.8) is 0 Å². The minimum atomic E-state index is -1.07. The van der Waals surface area contributed by atoms with Crippen molar-refractivity contribution >= 4 is 5.97 Å². The summed E-state index contributed by atoms with van der Waals surface area (Å²) >= 11 is 0. The molecule has 0 N–H and O–H groups in total. The van der Waals surface area contributed by atoms with Crippen molar-refractivity contribution in [2.45, 2.75) is 38.1 Å². The molecule has 3 rings (SSSR count). The van der Waals surface area contributed by atoms with Crippen LogP contribution >= 0.6 is 0 Å². The first-order chi connectivity index (χ1) is 9.34. The number of esters is 1. The van der Waals surface area contributed by atoms with Gasteiger partial charge in [0.25, 0.3) is 0 Å². The Hall–Kier alpha value is -1.75. The quantitative estimate of drug-likeness (QED) is 0.775. The van der Waals surface area contributed by atoms with Crippen LogP contribution in [0.3, 0.4) is 0 Å². The molecule has 20 heavy (non-hydrogen) atoms. The van der Waals surface area contributed by atoms with Gasteiger partial charge in [-0.3, -0.25) is 0 Å². The normalized spacial score (nSPS) is 29.6. The van der Waals surface area contributed by atoms with Gasteiger partial charge < -0.3 is 18.9 Å². The molecule has 1 aromatic carbocycles. The number of carbonyl (C=O) groups is 1. The molecule has 2 heterocycles. The summed E-state index contributed by atoms with van der Waals surface area (Å²) in [5.41, 5.74) is 0.244. The maximum atomic E-state index is 12.2. The van der Waals surface area contributed by atoms with Crippen LogP contribution in [0.15, 0.2) is 12.1 Å². The lowest BCUT2D eigenvalue weighted by molar-refractivity contribution is -0.149. The number of hydrogen-bond donors (Lipinski definition) is 0. The molecule has 0 aromatic heterocycles. The molecule has 0 spiro atoms. The van der Waals surface area contributed by atoms with Gasteiger partial charge in [-0.1, -0.05) is 0 Å². The highest BCUT2D eigenvalue weighted by molar-refractivity contribution is 5.85. The van der Waals surface area contributed by atoms with E-state index in [-0.39, 0.29) is 5.97 Å². The first kappa shape index (κ1) is 13.2. The molecule has 0 amide bonds. The molecule has 108 valence electrons. The molecule has 5 heteroatoms. The molecular weight excluding hydrogens is 260 g/mol. The topological polar surface area (TPSA) is 54.0 Å². The fourth-order valence-electron chi connectivity index (χ4n) is 2.90. The number of methoxy groups -OCH3 is 2. The lowest BCUT2D eigenvalue weighted by Gasteiger charge is -2.39. The Morgan fingerprint density at radius 2 is 1.60 bits per heavy atom. The number of rotatable bonds is 2. The van der Waals surface area contributed by atoms with Gasteiger partial charge >= 0.3 is 5.97 Å². The Balaban J connectivity index is 2.30. The summed E-state index contributed by atoms with van der Waals surface area (Å²) in [7, 11) is 3.16. The highest BCUT2D eigenvalue weighted by Gasteiger charge is 2.59. The number of fused-ring (bicyclic) bond motifs is 4. The van der Waals surface area contributed by atoms with Crippen LogP contribution in [0.2, 0.25) is 0 Å². The molecular formula is C15H18O5. The highest BCUT2D eigenvalue weighted by Crippen LogP contribution is 2.52. The molecule has 1 saturated heterocycles. The van der Waals surface area contributed by atoms with Crippen molar-refractivity contribution in [2.24, 2.45) is 0 Å². The van der Waals surface area contributed by atoms with Crippen molar-refractivity contribution in [1.29, 1.82) is 0 Å². The van der Waals surface area contributed by atoms with E-state index >= 15 is 0 Å². The third-order valence-corrected chi connectivity index (χ3v) is 4.27. The van der Waals surface area contributed by atoms with Crippen molar-refractivity contribution in [3.8, 4) is 11.5 Å². The van der Waals surface area contributed by atoms with Gasteiger partial charge in [-0.15, -0.1) is 0 Å². The average molecular weight is 278 g/mol. The van der Waals surface area contributed by atoms with Gasteiger partial charge in [0.1, 0.15) is 0 Å². The zero-order chi connectivity index (χ0) is 14.7.